The van der Waals surface area contributed by atoms with Gasteiger partial charge >= 0.3 is 5.97 Å². The first-order valence-electron chi connectivity index (χ1n) is 11.0. The molecular formula is C27H28ClNO3. The van der Waals surface area contributed by atoms with Crippen LogP contribution in [0.4, 0.5) is 0 Å². The van der Waals surface area contributed by atoms with Crippen molar-refractivity contribution in [2.45, 2.75) is 46.0 Å². The molecule has 0 saturated heterocycles. The third-order valence-electron chi connectivity index (χ3n) is 6.11. The summed E-state index contributed by atoms with van der Waals surface area (Å²) in [6.07, 6.45) is 1.83. The lowest BCUT2D eigenvalue weighted by Gasteiger charge is -2.39. The number of nitrogens with one attached hydrogen (secondary N) is 1. The minimum atomic E-state index is -0.488. The molecule has 32 heavy (non-hydrogen) atoms. The predicted octanol–water partition coefficient (Wildman–Crippen LogP) is 5.73. The van der Waals surface area contributed by atoms with E-state index in [1.807, 2.05) is 55.5 Å². The molecule has 0 unspecified atom stereocenters. The van der Waals surface area contributed by atoms with Gasteiger partial charge in [0.1, 0.15) is 0 Å². The molecule has 2 aromatic rings. The van der Waals surface area contributed by atoms with E-state index >= 15 is 0 Å². The van der Waals surface area contributed by atoms with E-state index in [1.54, 1.807) is 6.07 Å². The standard InChI is InChI=1S/C27H28ClNO3/c1-17-23(26(31)32-13-12-18-8-5-4-6-9-18)24(19-10-7-11-20(28)14-19)25-21(29-17)15-27(2,3)16-22(25)30/h4-11,14,24,29H,12-13,15-16H2,1-3H3/t24-/m0/s1. The van der Waals surface area contributed by atoms with Gasteiger partial charge in [0.05, 0.1) is 12.2 Å². The van der Waals surface area contributed by atoms with Crippen molar-refractivity contribution in [2.24, 2.45) is 5.41 Å². The molecule has 4 nitrogen and oxygen atoms in total. The molecule has 2 aliphatic rings. The number of allylic oxidation sites excluding steroid dienone is 3. The SMILES string of the molecule is CC1=C(C(=O)OCCc2ccccc2)[C@H](c2cccc(Cl)c2)C2=C(CC(C)(C)CC2=O)N1. The van der Waals surface area contributed by atoms with Crippen molar-refractivity contribution in [3.63, 3.8) is 0 Å². The quantitative estimate of drug-likeness (QED) is 0.592. The molecule has 1 heterocycles. The number of carbonyl (C=O) groups excluding carboxylic acids is 2. The Morgan fingerprint density at radius 1 is 1.12 bits per heavy atom. The Morgan fingerprint density at radius 2 is 1.88 bits per heavy atom. The van der Waals surface area contributed by atoms with Crippen molar-refractivity contribution in [1.29, 1.82) is 0 Å². The number of benzene rings is 2. The zero-order valence-corrected chi connectivity index (χ0v) is 19.5. The first-order valence-corrected chi connectivity index (χ1v) is 11.3. The second-order valence-corrected chi connectivity index (χ2v) is 9.79. The van der Waals surface area contributed by atoms with Crippen LogP contribution >= 0.6 is 11.6 Å². The Hall–Kier alpha value is -2.85. The van der Waals surface area contributed by atoms with Crippen molar-refractivity contribution in [2.75, 3.05) is 6.61 Å². The number of dihydropyridines is 1. The second kappa shape index (κ2) is 8.95. The van der Waals surface area contributed by atoms with Gasteiger partial charge in [0.25, 0.3) is 0 Å². The van der Waals surface area contributed by atoms with Gasteiger partial charge in [-0.15, -0.1) is 0 Å². The van der Waals surface area contributed by atoms with Crippen molar-refractivity contribution >= 4 is 23.4 Å². The number of hydrogen-bond acceptors (Lipinski definition) is 4. The van der Waals surface area contributed by atoms with Crippen LogP contribution in [-0.4, -0.2) is 18.4 Å². The van der Waals surface area contributed by atoms with Crippen molar-refractivity contribution in [3.05, 3.63) is 93.3 Å². The van der Waals surface area contributed by atoms with Gasteiger partial charge in [0.2, 0.25) is 0 Å². The number of hydrogen-bond donors (Lipinski definition) is 1. The van der Waals surface area contributed by atoms with Crippen LogP contribution in [0.2, 0.25) is 5.02 Å². The summed E-state index contributed by atoms with van der Waals surface area (Å²) in [4.78, 5) is 26.6. The predicted molar refractivity (Wildman–Crippen MR) is 126 cm³/mol. The molecule has 0 aromatic heterocycles. The molecule has 0 fully saturated rings. The van der Waals surface area contributed by atoms with Crippen LogP contribution in [0.3, 0.4) is 0 Å². The highest BCUT2D eigenvalue weighted by molar-refractivity contribution is 6.30. The largest absolute Gasteiger partial charge is 0.462 e. The molecular weight excluding hydrogens is 422 g/mol. The highest BCUT2D eigenvalue weighted by atomic mass is 35.5. The minimum absolute atomic E-state index is 0.0656. The number of rotatable bonds is 5. The van der Waals surface area contributed by atoms with Crippen LogP contribution in [0, 0.1) is 5.41 Å². The Kier molecular flexibility index (Phi) is 6.25. The fraction of sp³-hybridized carbons (Fsp3) is 0.333. The zero-order valence-electron chi connectivity index (χ0n) is 18.7. The summed E-state index contributed by atoms with van der Waals surface area (Å²) in [6, 6.07) is 17.3. The smallest absolute Gasteiger partial charge is 0.336 e. The van der Waals surface area contributed by atoms with E-state index < -0.39 is 11.9 Å². The maximum atomic E-state index is 13.3. The van der Waals surface area contributed by atoms with E-state index in [9.17, 15) is 9.59 Å². The normalized spacial score (nSPS) is 20.0. The van der Waals surface area contributed by atoms with Crippen molar-refractivity contribution < 1.29 is 14.3 Å². The monoisotopic (exact) mass is 449 g/mol. The number of ketones is 1. The lowest BCUT2D eigenvalue weighted by Crippen LogP contribution is -2.38. The van der Waals surface area contributed by atoms with Gasteiger partial charge in [0, 0.05) is 40.7 Å². The molecule has 5 heteroatoms. The lowest BCUT2D eigenvalue weighted by atomic mass is 9.68. The summed E-state index contributed by atoms with van der Waals surface area (Å²) in [7, 11) is 0. The Labute approximate surface area is 194 Å². The number of esters is 1. The van der Waals surface area contributed by atoms with E-state index in [0.29, 0.717) is 29.0 Å². The summed E-state index contributed by atoms with van der Waals surface area (Å²) >= 11 is 6.29. The molecule has 0 amide bonds. The molecule has 0 radical (unpaired) electrons. The van der Waals surface area contributed by atoms with Crippen molar-refractivity contribution in [1.82, 2.24) is 5.32 Å². The summed E-state index contributed by atoms with van der Waals surface area (Å²) in [6.45, 7) is 6.34. The average molecular weight is 450 g/mol. The van der Waals surface area contributed by atoms with Gasteiger partial charge in [0.15, 0.2) is 5.78 Å². The Balaban J connectivity index is 1.67. The van der Waals surface area contributed by atoms with Gasteiger partial charge in [-0.3, -0.25) is 4.79 Å². The van der Waals surface area contributed by atoms with Crippen molar-refractivity contribution in [3.8, 4) is 0 Å². The molecule has 1 aliphatic carbocycles. The van der Waals surface area contributed by atoms with Gasteiger partial charge in [-0.2, -0.15) is 0 Å². The molecule has 1 N–H and O–H groups in total. The molecule has 1 aliphatic heterocycles. The topological polar surface area (TPSA) is 55.4 Å². The van der Waals surface area contributed by atoms with E-state index in [4.69, 9.17) is 16.3 Å². The second-order valence-electron chi connectivity index (χ2n) is 9.36. The van der Waals surface area contributed by atoms with Gasteiger partial charge in [-0.1, -0.05) is 67.9 Å². The van der Waals surface area contributed by atoms with E-state index in [-0.39, 0.29) is 17.8 Å². The lowest BCUT2D eigenvalue weighted by molar-refractivity contribution is -0.139. The highest BCUT2D eigenvalue weighted by Crippen LogP contribution is 2.47. The third-order valence-corrected chi connectivity index (χ3v) is 6.34. The van der Waals surface area contributed by atoms with Crippen LogP contribution in [0.5, 0.6) is 0 Å². The van der Waals surface area contributed by atoms with E-state index in [0.717, 1.165) is 28.9 Å². The fourth-order valence-corrected chi connectivity index (χ4v) is 4.91. The Morgan fingerprint density at radius 3 is 2.59 bits per heavy atom. The van der Waals surface area contributed by atoms with E-state index in [1.165, 1.54) is 0 Å². The summed E-state index contributed by atoms with van der Waals surface area (Å²) in [5.74, 6) is -0.825. The van der Waals surface area contributed by atoms with Gasteiger partial charge in [-0.05, 0) is 42.0 Å². The first-order chi connectivity index (χ1) is 15.2. The Bertz CT molecular complexity index is 1110. The fourth-order valence-electron chi connectivity index (χ4n) is 4.71. The van der Waals surface area contributed by atoms with Crippen LogP contribution in [0.15, 0.2) is 77.1 Å². The molecule has 0 bridgehead atoms. The summed E-state index contributed by atoms with van der Waals surface area (Å²) < 4.78 is 5.69. The van der Waals surface area contributed by atoms with E-state index in [2.05, 4.69) is 19.2 Å². The van der Waals surface area contributed by atoms with Crippen LogP contribution in [0.25, 0.3) is 0 Å². The number of Topliss-reactive ketones (excluding diaryl/α,β-unsaturated/α-hetero) is 1. The molecule has 0 saturated carbocycles. The van der Waals surface area contributed by atoms with Crippen LogP contribution in [0.1, 0.15) is 50.7 Å². The maximum absolute atomic E-state index is 13.3. The minimum Gasteiger partial charge on any atom is -0.462 e. The van der Waals surface area contributed by atoms with Gasteiger partial charge in [-0.25, -0.2) is 4.79 Å². The summed E-state index contributed by atoms with van der Waals surface area (Å²) in [5, 5.41) is 3.93. The molecule has 1 atom stereocenters. The number of ether oxygens (including phenoxy) is 1. The molecule has 4 rings (SSSR count). The number of halogens is 1. The summed E-state index contributed by atoms with van der Waals surface area (Å²) in [5.41, 5.74) is 4.57. The first kappa shape index (κ1) is 22.3. The molecule has 0 spiro atoms. The molecule has 2 aromatic carbocycles. The van der Waals surface area contributed by atoms with Crippen LogP contribution in [-0.2, 0) is 20.7 Å². The highest BCUT2D eigenvalue weighted by Gasteiger charge is 2.43. The average Bonchev–Trinajstić information content (AvgIpc) is 2.72. The van der Waals surface area contributed by atoms with Gasteiger partial charge < -0.3 is 10.1 Å². The molecule has 166 valence electrons. The van der Waals surface area contributed by atoms with Crippen LogP contribution < -0.4 is 5.32 Å². The zero-order chi connectivity index (χ0) is 22.9. The maximum Gasteiger partial charge on any atom is 0.336 e. The number of carbonyl (C=O) groups is 2. The third kappa shape index (κ3) is 4.66.